The van der Waals surface area contributed by atoms with E-state index in [1.807, 2.05) is 18.5 Å². The number of nitrogens with one attached hydrogen (secondary N) is 2. The third kappa shape index (κ3) is 5.07. The lowest BCUT2D eigenvalue weighted by Gasteiger charge is -2.15. The molecule has 1 saturated carbocycles. The van der Waals surface area contributed by atoms with Gasteiger partial charge in [0.15, 0.2) is 29.0 Å². The van der Waals surface area contributed by atoms with Gasteiger partial charge in [-0.15, -0.1) is 0 Å². The van der Waals surface area contributed by atoms with E-state index in [-0.39, 0.29) is 0 Å². The molecule has 0 spiro atoms. The minimum absolute atomic E-state index is 0.338. The fourth-order valence-corrected chi connectivity index (χ4v) is 4.98. The zero-order valence-electron chi connectivity index (χ0n) is 19.5. The summed E-state index contributed by atoms with van der Waals surface area (Å²) in [4.78, 5) is 22.8. The highest BCUT2D eigenvalue weighted by Gasteiger charge is 2.18. The van der Waals surface area contributed by atoms with Crippen LogP contribution in [-0.4, -0.2) is 32.6 Å². The summed E-state index contributed by atoms with van der Waals surface area (Å²) in [6.07, 6.45) is 13.4. The van der Waals surface area contributed by atoms with Gasteiger partial charge in [-0.3, -0.25) is 0 Å². The minimum atomic E-state index is 0.338. The number of aryl methyl sites for hydroxylation is 1. The molecule has 3 aromatic heterocycles. The Bertz CT molecular complexity index is 1250. The SMILES string of the molecule is CCCNc1ncc(-c2cc(-c3ccc(OC4CCCC4)cc3C)nc(-c3c[nH+]ccn3)n2)s1. The summed E-state index contributed by atoms with van der Waals surface area (Å²) in [5, 5.41) is 4.25. The number of benzene rings is 1. The predicted molar refractivity (Wildman–Crippen MR) is 135 cm³/mol. The Balaban J connectivity index is 1.52. The fourth-order valence-electron chi connectivity index (χ4n) is 4.17. The van der Waals surface area contributed by atoms with Gasteiger partial charge in [-0.1, -0.05) is 18.3 Å². The number of nitrogens with zero attached hydrogens (tertiary/aromatic N) is 4. The Morgan fingerprint density at radius 2 is 1.94 bits per heavy atom. The van der Waals surface area contributed by atoms with Gasteiger partial charge in [0.2, 0.25) is 0 Å². The molecule has 8 heteroatoms. The van der Waals surface area contributed by atoms with Crippen molar-refractivity contribution >= 4 is 16.5 Å². The maximum atomic E-state index is 6.21. The van der Waals surface area contributed by atoms with Crippen molar-refractivity contribution in [2.45, 2.75) is 52.1 Å². The average Bonchev–Trinajstić information content (AvgIpc) is 3.55. The first-order valence-corrected chi connectivity index (χ1v) is 12.7. The van der Waals surface area contributed by atoms with E-state index in [2.05, 4.69) is 52.3 Å². The maximum Gasteiger partial charge on any atom is 0.196 e. The van der Waals surface area contributed by atoms with Gasteiger partial charge >= 0.3 is 0 Å². The Morgan fingerprint density at radius 3 is 2.71 bits per heavy atom. The lowest BCUT2D eigenvalue weighted by atomic mass is 10.0. The van der Waals surface area contributed by atoms with E-state index < -0.39 is 0 Å². The Hall–Kier alpha value is -3.39. The molecule has 34 heavy (non-hydrogen) atoms. The highest BCUT2D eigenvalue weighted by molar-refractivity contribution is 7.18. The first-order valence-electron chi connectivity index (χ1n) is 11.9. The molecular weight excluding hydrogens is 444 g/mol. The van der Waals surface area contributed by atoms with Crippen molar-refractivity contribution in [3.63, 3.8) is 0 Å². The molecule has 3 heterocycles. The van der Waals surface area contributed by atoms with Crippen molar-refractivity contribution in [1.29, 1.82) is 0 Å². The lowest BCUT2D eigenvalue weighted by molar-refractivity contribution is -0.378. The Morgan fingerprint density at radius 1 is 1.09 bits per heavy atom. The molecule has 5 rings (SSSR count). The second-order valence-corrected chi connectivity index (χ2v) is 9.59. The first kappa shape index (κ1) is 22.4. The van der Waals surface area contributed by atoms with E-state index >= 15 is 0 Å². The number of hydrogen-bond donors (Lipinski definition) is 1. The molecule has 0 unspecified atom stereocenters. The summed E-state index contributed by atoms with van der Waals surface area (Å²) in [5.41, 5.74) is 4.55. The molecule has 2 N–H and O–H groups in total. The summed E-state index contributed by atoms with van der Waals surface area (Å²) >= 11 is 1.60. The molecule has 0 amide bonds. The van der Waals surface area contributed by atoms with Gasteiger partial charge in [0.1, 0.15) is 5.75 Å². The zero-order chi connectivity index (χ0) is 23.3. The van der Waals surface area contributed by atoms with E-state index in [9.17, 15) is 0 Å². The van der Waals surface area contributed by atoms with Gasteiger partial charge in [0.05, 0.1) is 28.6 Å². The number of aromatic amines is 1. The molecule has 0 radical (unpaired) electrons. The van der Waals surface area contributed by atoms with Gasteiger partial charge < -0.3 is 10.1 Å². The van der Waals surface area contributed by atoms with Crippen molar-refractivity contribution in [3.05, 3.63) is 54.6 Å². The van der Waals surface area contributed by atoms with Crippen molar-refractivity contribution < 1.29 is 9.72 Å². The third-order valence-corrected chi connectivity index (χ3v) is 6.90. The number of ether oxygens (including phenoxy) is 1. The number of H-pyrrole nitrogens is 1. The molecule has 1 fully saturated rings. The fraction of sp³-hybridized carbons (Fsp3) is 0.346. The van der Waals surface area contributed by atoms with Crippen LogP contribution in [0.25, 0.3) is 33.3 Å². The van der Waals surface area contributed by atoms with Crippen LogP contribution < -0.4 is 15.0 Å². The van der Waals surface area contributed by atoms with Crippen LogP contribution in [0, 0.1) is 6.92 Å². The van der Waals surface area contributed by atoms with Crippen molar-refractivity contribution in [2.75, 3.05) is 11.9 Å². The highest BCUT2D eigenvalue weighted by Crippen LogP contribution is 2.34. The van der Waals surface area contributed by atoms with Crippen LogP contribution in [0.2, 0.25) is 0 Å². The third-order valence-electron chi connectivity index (χ3n) is 5.92. The number of hydrogen-bond acceptors (Lipinski definition) is 7. The summed E-state index contributed by atoms with van der Waals surface area (Å²) in [5.74, 6) is 1.50. The summed E-state index contributed by atoms with van der Waals surface area (Å²) < 4.78 is 6.21. The smallest absolute Gasteiger partial charge is 0.196 e. The van der Waals surface area contributed by atoms with E-state index in [4.69, 9.17) is 14.7 Å². The van der Waals surface area contributed by atoms with Crippen LogP contribution in [-0.2, 0) is 0 Å². The number of rotatable bonds is 8. The number of aromatic nitrogens is 5. The Labute approximate surface area is 203 Å². The van der Waals surface area contributed by atoms with Crippen LogP contribution in [0.4, 0.5) is 5.13 Å². The topological polar surface area (TPSA) is 87.0 Å². The van der Waals surface area contributed by atoms with E-state index in [0.717, 1.165) is 64.1 Å². The normalized spacial score (nSPS) is 13.8. The largest absolute Gasteiger partial charge is 0.490 e. The second-order valence-electron chi connectivity index (χ2n) is 8.56. The van der Waals surface area contributed by atoms with E-state index in [1.54, 1.807) is 23.7 Å². The minimum Gasteiger partial charge on any atom is -0.490 e. The zero-order valence-corrected chi connectivity index (χ0v) is 20.4. The van der Waals surface area contributed by atoms with Gasteiger partial charge in [-0.25, -0.2) is 24.9 Å². The average molecular weight is 474 g/mol. The molecule has 7 nitrogen and oxygen atoms in total. The molecule has 1 aromatic carbocycles. The quantitative estimate of drug-likeness (QED) is 0.359. The number of thiazole rings is 1. The van der Waals surface area contributed by atoms with Crippen molar-refractivity contribution in [3.8, 4) is 39.1 Å². The van der Waals surface area contributed by atoms with Gasteiger partial charge in [0, 0.05) is 18.3 Å². The van der Waals surface area contributed by atoms with Crippen LogP contribution in [0.15, 0.2) is 49.1 Å². The van der Waals surface area contributed by atoms with Crippen LogP contribution in [0.3, 0.4) is 0 Å². The molecular formula is C26H29N6OS+. The second kappa shape index (κ2) is 10.3. The summed E-state index contributed by atoms with van der Waals surface area (Å²) in [6, 6.07) is 8.30. The lowest BCUT2D eigenvalue weighted by Crippen LogP contribution is -2.10. The summed E-state index contributed by atoms with van der Waals surface area (Å²) in [7, 11) is 0. The maximum absolute atomic E-state index is 6.21. The molecule has 1 aliphatic rings. The molecule has 0 aliphatic heterocycles. The molecule has 4 aromatic rings. The molecule has 0 saturated heterocycles. The van der Waals surface area contributed by atoms with Crippen LogP contribution in [0.5, 0.6) is 5.75 Å². The molecule has 0 atom stereocenters. The molecule has 0 bridgehead atoms. The van der Waals surface area contributed by atoms with Gasteiger partial charge in [-0.05, 0) is 68.9 Å². The van der Waals surface area contributed by atoms with Crippen molar-refractivity contribution in [1.82, 2.24) is 19.9 Å². The number of anilines is 1. The monoisotopic (exact) mass is 473 g/mol. The predicted octanol–water partition coefficient (Wildman–Crippen LogP) is 5.59. The molecule has 1 aliphatic carbocycles. The highest BCUT2D eigenvalue weighted by atomic mass is 32.1. The standard InChI is InChI=1S/C26H28N6OS/c1-3-10-29-26-30-16-24(34-26)22-14-21(31-25(32-22)23-15-27-11-12-28-23)20-9-8-19(13-17(20)2)33-18-6-4-5-7-18/h8-9,11-16,18H,3-7,10H2,1-2H3,(H,29,30)/p+1. The first-order chi connectivity index (χ1) is 16.7. The molecule has 174 valence electrons. The summed E-state index contributed by atoms with van der Waals surface area (Å²) in [6.45, 7) is 5.14. The van der Waals surface area contributed by atoms with Crippen LogP contribution >= 0.6 is 11.3 Å². The van der Waals surface area contributed by atoms with Gasteiger partial charge in [0.25, 0.3) is 0 Å². The van der Waals surface area contributed by atoms with Gasteiger partial charge in [-0.2, -0.15) is 0 Å². The van der Waals surface area contributed by atoms with Crippen LogP contribution in [0.1, 0.15) is 44.6 Å². The van der Waals surface area contributed by atoms with E-state index in [0.29, 0.717) is 17.6 Å². The van der Waals surface area contributed by atoms with Crippen molar-refractivity contribution in [2.24, 2.45) is 0 Å². The Kier molecular flexibility index (Phi) is 6.76. The van der Waals surface area contributed by atoms with E-state index in [1.165, 1.54) is 12.8 Å².